The lowest BCUT2D eigenvalue weighted by molar-refractivity contribution is -0.117. The van der Waals surface area contributed by atoms with E-state index in [2.05, 4.69) is 0 Å². The fraction of sp³-hybridized carbons (Fsp3) is 0.240. The molecule has 0 saturated carbocycles. The van der Waals surface area contributed by atoms with E-state index in [-0.39, 0.29) is 17.3 Å². The highest BCUT2D eigenvalue weighted by atomic mass is 35.5. The van der Waals surface area contributed by atoms with Gasteiger partial charge in [0.05, 0.1) is 17.2 Å². The third-order valence-electron chi connectivity index (χ3n) is 5.53. The molecule has 8 heteroatoms. The third-order valence-corrected chi connectivity index (χ3v) is 7.57. The van der Waals surface area contributed by atoms with Crippen LogP contribution in [0.25, 0.3) is 0 Å². The van der Waals surface area contributed by atoms with E-state index in [1.54, 1.807) is 29.2 Å². The lowest BCUT2D eigenvalue weighted by Gasteiger charge is -2.32. The molecule has 33 heavy (non-hydrogen) atoms. The van der Waals surface area contributed by atoms with Gasteiger partial charge in [0, 0.05) is 17.3 Å². The van der Waals surface area contributed by atoms with E-state index in [1.807, 2.05) is 31.2 Å². The summed E-state index contributed by atoms with van der Waals surface area (Å²) in [6, 6.07) is 20.4. The molecule has 0 bridgehead atoms. The Labute approximate surface area is 199 Å². The number of sulfonamides is 1. The summed E-state index contributed by atoms with van der Waals surface area (Å²) in [7, 11) is -4.02. The summed E-state index contributed by atoms with van der Waals surface area (Å²) in [5.74, 6) is 0.343. The Hall–Kier alpha value is -3.03. The van der Waals surface area contributed by atoms with Crippen LogP contribution in [0.4, 0.5) is 11.4 Å². The Kier molecular flexibility index (Phi) is 6.91. The standard InChI is InChI=1S/C25H25ClN2O4S/c1-2-32-22-13-11-21(12-14-22)28(33(30,31)23-15-9-20(26)10-16-23)18-25(29)27-17-5-7-19-6-3-4-8-24(19)27/h3-4,6,8-16H,2,5,7,17-18H2,1H3. The van der Waals surface area contributed by atoms with Crippen molar-refractivity contribution in [2.45, 2.75) is 24.7 Å². The lowest BCUT2D eigenvalue weighted by Crippen LogP contribution is -2.45. The molecule has 172 valence electrons. The number of hydrogen-bond acceptors (Lipinski definition) is 4. The van der Waals surface area contributed by atoms with E-state index < -0.39 is 10.0 Å². The number of rotatable bonds is 7. The predicted molar refractivity (Wildman–Crippen MR) is 131 cm³/mol. The van der Waals surface area contributed by atoms with Gasteiger partial charge in [-0.1, -0.05) is 29.8 Å². The lowest BCUT2D eigenvalue weighted by atomic mass is 10.0. The van der Waals surface area contributed by atoms with Crippen LogP contribution in [0, 0.1) is 0 Å². The summed E-state index contributed by atoms with van der Waals surface area (Å²) in [5.41, 5.74) is 2.31. The molecule has 0 atom stereocenters. The van der Waals surface area contributed by atoms with Crippen molar-refractivity contribution in [3.05, 3.63) is 83.4 Å². The van der Waals surface area contributed by atoms with Crippen molar-refractivity contribution >= 4 is 38.9 Å². The summed E-state index contributed by atoms with van der Waals surface area (Å²) in [4.78, 5) is 15.2. The number of carbonyl (C=O) groups excluding carboxylic acids is 1. The van der Waals surface area contributed by atoms with Crippen LogP contribution in [0.3, 0.4) is 0 Å². The molecule has 0 radical (unpaired) electrons. The number of aryl methyl sites for hydroxylation is 1. The normalized spacial score (nSPS) is 13.3. The number of halogens is 1. The van der Waals surface area contributed by atoms with Gasteiger partial charge in [-0.3, -0.25) is 9.10 Å². The first-order chi connectivity index (χ1) is 15.9. The molecule has 0 fully saturated rings. The third kappa shape index (κ3) is 4.99. The van der Waals surface area contributed by atoms with Crippen LogP contribution in [0.5, 0.6) is 5.75 Å². The SMILES string of the molecule is CCOc1ccc(N(CC(=O)N2CCCc3ccccc32)S(=O)(=O)c2ccc(Cl)cc2)cc1. The number of fused-ring (bicyclic) bond motifs is 1. The number of hydrogen-bond donors (Lipinski definition) is 0. The molecule has 4 rings (SSSR count). The second-order valence-electron chi connectivity index (χ2n) is 7.67. The Morgan fingerprint density at radius 1 is 1.03 bits per heavy atom. The topological polar surface area (TPSA) is 66.9 Å². The Bertz CT molecular complexity index is 1230. The summed E-state index contributed by atoms with van der Waals surface area (Å²) >= 11 is 5.96. The number of anilines is 2. The monoisotopic (exact) mass is 484 g/mol. The summed E-state index contributed by atoms with van der Waals surface area (Å²) in [6.45, 7) is 2.60. The average Bonchev–Trinajstić information content (AvgIpc) is 2.83. The Morgan fingerprint density at radius 3 is 2.42 bits per heavy atom. The largest absolute Gasteiger partial charge is 0.494 e. The molecule has 0 N–H and O–H groups in total. The number of nitrogens with zero attached hydrogens (tertiary/aromatic N) is 2. The molecular formula is C25H25ClN2O4S. The van der Waals surface area contributed by atoms with Gasteiger partial charge < -0.3 is 9.64 Å². The Morgan fingerprint density at radius 2 is 1.73 bits per heavy atom. The van der Waals surface area contributed by atoms with Crippen molar-refractivity contribution < 1.29 is 17.9 Å². The van der Waals surface area contributed by atoms with Crippen LogP contribution >= 0.6 is 11.6 Å². The van der Waals surface area contributed by atoms with E-state index in [0.29, 0.717) is 29.6 Å². The zero-order chi connectivity index (χ0) is 23.4. The molecule has 0 aliphatic carbocycles. The summed E-state index contributed by atoms with van der Waals surface area (Å²) in [6.07, 6.45) is 1.72. The highest BCUT2D eigenvalue weighted by Gasteiger charge is 2.31. The zero-order valence-corrected chi connectivity index (χ0v) is 19.8. The molecule has 1 heterocycles. The fourth-order valence-corrected chi connectivity index (χ4v) is 5.47. The smallest absolute Gasteiger partial charge is 0.264 e. The van der Waals surface area contributed by atoms with Crippen molar-refractivity contribution in [3.8, 4) is 5.75 Å². The quantitative estimate of drug-likeness (QED) is 0.477. The maximum absolute atomic E-state index is 13.6. The average molecular weight is 485 g/mol. The van der Waals surface area contributed by atoms with Crippen molar-refractivity contribution in [2.75, 3.05) is 28.9 Å². The Balaban J connectivity index is 1.70. The van der Waals surface area contributed by atoms with Crippen molar-refractivity contribution in [3.63, 3.8) is 0 Å². The second kappa shape index (κ2) is 9.85. The molecule has 3 aromatic carbocycles. The van der Waals surface area contributed by atoms with E-state index in [0.717, 1.165) is 28.4 Å². The molecule has 1 amide bonds. The van der Waals surface area contributed by atoms with Gasteiger partial charge in [0.25, 0.3) is 10.0 Å². The van der Waals surface area contributed by atoms with Gasteiger partial charge in [0.15, 0.2) is 0 Å². The molecular weight excluding hydrogens is 460 g/mol. The van der Waals surface area contributed by atoms with Crippen LogP contribution in [-0.2, 0) is 21.2 Å². The van der Waals surface area contributed by atoms with Crippen molar-refractivity contribution in [1.29, 1.82) is 0 Å². The van der Waals surface area contributed by atoms with E-state index in [1.165, 1.54) is 24.3 Å². The predicted octanol–water partition coefficient (Wildman–Crippen LogP) is 4.91. The van der Waals surface area contributed by atoms with E-state index in [9.17, 15) is 13.2 Å². The first-order valence-electron chi connectivity index (χ1n) is 10.8. The molecule has 6 nitrogen and oxygen atoms in total. The number of benzene rings is 3. The molecule has 0 unspecified atom stereocenters. The maximum atomic E-state index is 13.6. The van der Waals surface area contributed by atoms with Crippen LogP contribution < -0.4 is 13.9 Å². The molecule has 3 aromatic rings. The van der Waals surface area contributed by atoms with Crippen LogP contribution in [0.15, 0.2) is 77.7 Å². The minimum atomic E-state index is -4.02. The minimum absolute atomic E-state index is 0.0626. The minimum Gasteiger partial charge on any atom is -0.494 e. The van der Waals surface area contributed by atoms with Crippen LogP contribution in [0.1, 0.15) is 18.9 Å². The highest BCUT2D eigenvalue weighted by Crippen LogP contribution is 2.30. The van der Waals surface area contributed by atoms with Crippen LogP contribution in [-0.4, -0.2) is 34.0 Å². The van der Waals surface area contributed by atoms with Crippen molar-refractivity contribution in [1.82, 2.24) is 0 Å². The van der Waals surface area contributed by atoms with Gasteiger partial charge in [-0.2, -0.15) is 0 Å². The highest BCUT2D eigenvalue weighted by molar-refractivity contribution is 7.92. The van der Waals surface area contributed by atoms with Gasteiger partial charge in [-0.15, -0.1) is 0 Å². The van der Waals surface area contributed by atoms with Gasteiger partial charge in [0.1, 0.15) is 12.3 Å². The van der Waals surface area contributed by atoms with Gasteiger partial charge in [0.2, 0.25) is 5.91 Å². The fourth-order valence-electron chi connectivity index (χ4n) is 3.93. The summed E-state index contributed by atoms with van der Waals surface area (Å²) < 4.78 is 33.8. The zero-order valence-electron chi connectivity index (χ0n) is 18.3. The number of carbonyl (C=O) groups is 1. The first kappa shape index (κ1) is 23.1. The number of amides is 1. The first-order valence-corrected chi connectivity index (χ1v) is 12.6. The molecule has 1 aliphatic heterocycles. The molecule has 0 spiro atoms. The van der Waals surface area contributed by atoms with Crippen molar-refractivity contribution in [2.24, 2.45) is 0 Å². The molecule has 0 saturated heterocycles. The number of para-hydroxylation sites is 1. The van der Waals surface area contributed by atoms with E-state index >= 15 is 0 Å². The second-order valence-corrected chi connectivity index (χ2v) is 9.97. The van der Waals surface area contributed by atoms with Gasteiger partial charge >= 0.3 is 0 Å². The van der Waals surface area contributed by atoms with E-state index in [4.69, 9.17) is 16.3 Å². The molecule has 1 aliphatic rings. The van der Waals surface area contributed by atoms with Gasteiger partial charge in [-0.25, -0.2) is 8.42 Å². The molecule has 0 aromatic heterocycles. The summed E-state index contributed by atoms with van der Waals surface area (Å²) in [5, 5.41) is 0.433. The number of ether oxygens (including phenoxy) is 1. The maximum Gasteiger partial charge on any atom is 0.264 e. The van der Waals surface area contributed by atoms with Crippen LogP contribution in [0.2, 0.25) is 5.02 Å². The van der Waals surface area contributed by atoms with Gasteiger partial charge in [-0.05, 0) is 79.9 Å².